The number of carbonyl (C=O) groups is 1. The van der Waals surface area contributed by atoms with Crippen LogP contribution in [0.1, 0.15) is 77.6 Å². The Morgan fingerprint density at radius 2 is 1.70 bits per heavy atom. The van der Waals surface area contributed by atoms with Gasteiger partial charge in [0.15, 0.2) is 5.96 Å². The fourth-order valence-corrected chi connectivity index (χ4v) is 4.03. The van der Waals surface area contributed by atoms with Crippen LogP contribution in [-0.2, 0) is 4.79 Å². The molecule has 0 aromatic rings. The van der Waals surface area contributed by atoms with Gasteiger partial charge in [0.05, 0.1) is 0 Å². The molecule has 6 nitrogen and oxygen atoms in total. The Hall–Kier alpha value is -1.30. The first kappa shape index (κ1) is 22.0. The monoisotopic (exact) mass is 379 g/mol. The molecular formula is C21H41N5O. The SMILES string of the molecule is CCNC(=NCCCN1CCCCCC1)NCCC(=O)NC1CCCCC1. The molecule has 1 aliphatic carbocycles. The van der Waals surface area contributed by atoms with Crippen LogP contribution >= 0.6 is 0 Å². The average molecular weight is 380 g/mol. The highest BCUT2D eigenvalue weighted by Crippen LogP contribution is 2.17. The zero-order valence-corrected chi connectivity index (χ0v) is 17.4. The molecule has 1 saturated carbocycles. The molecule has 0 aromatic heterocycles. The average Bonchev–Trinajstić information content (AvgIpc) is 2.95. The molecule has 1 heterocycles. The first-order valence-corrected chi connectivity index (χ1v) is 11.3. The van der Waals surface area contributed by atoms with Crippen molar-refractivity contribution in [3.8, 4) is 0 Å². The van der Waals surface area contributed by atoms with Gasteiger partial charge in [-0.1, -0.05) is 32.1 Å². The van der Waals surface area contributed by atoms with Crippen molar-refractivity contribution in [2.24, 2.45) is 4.99 Å². The summed E-state index contributed by atoms with van der Waals surface area (Å²) in [5.41, 5.74) is 0. The van der Waals surface area contributed by atoms with Crippen LogP contribution in [0, 0.1) is 0 Å². The lowest BCUT2D eigenvalue weighted by molar-refractivity contribution is -0.121. The van der Waals surface area contributed by atoms with Crippen molar-refractivity contribution in [1.29, 1.82) is 0 Å². The maximum Gasteiger partial charge on any atom is 0.221 e. The lowest BCUT2D eigenvalue weighted by Gasteiger charge is -2.22. The lowest BCUT2D eigenvalue weighted by Crippen LogP contribution is -2.41. The summed E-state index contributed by atoms with van der Waals surface area (Å²) in [5, 5.41) is 9.76. The van der Waals surface area contributed by atoms with Crippen molar-refractivity contribution in [3.05, 3.63) is 0 Å². The molecular weight excluding hydrogens is 338 g/mol. The summed E-state index contributed by atoms with van der Waals surface area (Å²) >= 11 is 0. The number of rotatable bonds is 9. The molecule has 3 N–H and O–H groups in total. The van der Waals surface area contributed by atoms with E-state index in [0.29, 0.717) is 19.0 Å². The second-order valence-electron chi connectivity index (χ2n) is 7.95. The molecule has 0 spiro atoms. The minimum Gasteiger partial charge on any atom is -0.357 e. The van der Waals surface area contributed by atoms with E-state index in [1.165, 1.54) is 58.0 Å². The second-order valence-corrected chi connectivity index (χ2v) is 7.95. The quantitative estimate of drug-likeness (QED) is 0.327. The van der Waals surface area contributed by atoms with E-state index in [9.17, 15) is 4.79 Å². The van der Waals surface area contributed by atoms with Crippen LogP contribution < -0.4 is 16.0 Å². The van der Waals surface area contributed by atoms with Gasteiger partial charge in [-0.25, -0.2) is 0 Å². The van der Waals surface area contributed by atoms with Gasteiger partial charge in [-0.05, 0) is 58.7 Å². The molecule has 2 aliphatic rings. The molecule has 1 amide bonds. The smallest absolute Gasteiger partial charge is 0.221 e. The fourth-order valence-electron chi connectivity index (χ4n) is 4.03. The van der Waals surface area contributed by atoms with Gasteiger partial charge in [0.25, 0.3) is 0 Å². The predicted octanol–water partition coefficient (Wildman–Crippen LogP) is 2.65. The van der Waals surface area contributed by atoms with Gasteiger partial charge in [0.1, 0.15) is 0 Å². The summed E-state index contributed by atoms with van der Waals surface area (Å²) in [4.78, 5) is 19.3. The third-order valence-electron chi connectivity index (χ3n) is 5.56. The van der Waals surface area contributed by atoms with Crippen molar-refractivity contribution in [2.45, 2.75) is 83.6 Å². The summed E-state index contributed by atoms with van der Waals surface area (Å²) < 4.78 is 0. The summed E-state index contributed by atoms with van der Waals surface area (Å²) in [5.74, 6) is 0.991. The number of nitrogens with one attached hydrogen (secondary N) is 3. The first-order valence-electron chi connectivity index (χ1n) is 11.3. The van der Waals surface area contributed by atoms with Crippen LogP contribution in [0.2, 0.25) is 0 Å². The minimum absolute atomic E-state index is 0.159. The molecule has 0 atom stereocenters. The van der Waals surface area contributed by atoms with E-state index < -0.39 is 0 Å². The molecule has 27 heavy (non-hydrogen) atoms. The zero-order chi connectivity index (χ0) is 19.2. The minimum atomic E-state index is 0.159. The maximum absolute atomic E-state index is 12.1. The van der Waals surface area contributed by atoms with E-state index in [-0.39, 0.29) is 5.91 Å². The molecule has 0 unspecified atom stereocenters. The normalized spacial score (nSPS) is 20.1. The second kappa shape index (κ2) is 13.8. The van der Waals surface area contributed by atoms with Crippen molar-refractivity contribution in [1.82, 2.24) is 20.9 Å². The number of nitrogens with zero attached hydrogens (tertiary/aromatic N) is 2. The van der Waals surface area contributed by atoms with E-state index in [4.69, 9.17) is 0 Å². The standard InChI is InChI=1S/C21H41N5O/c1-2-22-21(23-14-10-18-26-16-8-3-4-9-17-26)24-15-13-20(27)25-19-11-6-5-7-12-19/h19H,2-18H2,1H3,(H,25,27)(H2,22,23,24). The van der Waals surface area contributed by atoms with Crippen molar-refractivity contribution < 1.29 is 4.79 Å². The highest BCUT2D eigenvalue weighted by Gasteiger charge is 2.15. The predicted molar refractivity (Wildman–Crippen MR) is 113 cm³/mol. The highest BCUT2D eigenvalue weighted by atomic mass is 16.1. The Morgan fingerprint density at radius 3 is 2.41 bits per heavy atom. The summed E-state index contributed by atoms with van der Waals surface area (Å²) in [7, 11) is 0. The van der Waals surface area contributed by atoms with Gasteiger partial charge in [-0.2, -0.15) is 0 Å². The van der Waals surface area contributed by atoms with Crippen LogP contribution in [0.3, 0.4) is 0 Å². The van der Waals surface area contributed by atoms with Gasteiger partial charge in [0, 0.05) is 32.1 Å². The van der Waals surface area contributed by atoms with Gasteiger partial charge >= 0.3 is 0 Å². The Morgan fingerprint density at radius 1 is 1.00 bits per heavy atom. The molecule has 0 bridgehead atoms. The van der Waals surface area contributed by atoms with Crippen molar-refractivity contribution in [2.75, 3.05) is 39.3 Å². The molecule has 0 aromatic carbocycles. The molecule has 6 heteroatoms. The Bertz CT molecular complexity index is 426. The van der Waals surface area contributed by atoms with Crippen molar-refractivity contribution in [3.63, 3.8) is 0 Å². The lowest BCUT2D eigenvalue weighted by atomic mass is 9.95. The number of hydrogen-bond donors (Lipinski definition) is 3. The fraction of sp³-hybridized carbons (Fsp3) is 0.905. The van der Waals surface area contributed by atoms with Gasteiger partial charge in [-0.3, -0.25) is 9.79 Å². The van der Waals surface area contributed by atoms with Gasteiger partial charge in [0.2, 0.25) is 5.91 Å². The van der Waals surface area contributed by atoms with E-state index in [1.807, 2.05) is 0 Å². The maximum atomic E-state index is 12.1. The van der Waals surface area contributed by atoms with Crippen LogP contribution in [0.5, 0.6) is 0 Å². The van der Waals surface area contributed by atoms with Gasteiger partial charge in [-0.15, -0.1) is 0 Å². The highest BCUT2D eigenvalue weighted by molar-refractivity contribution is 5.81. The topological polar surface area (TPSA) is 68.8 Å². The van der Waals surface area contributed by atoms with Crippen LogP contribution in [-0.4, -0.2) is 62.1 Å². The van der Waals surface area contributed by atoms with E-state index in [1.54, 1.807) is 0 Å². The molecule has 1 aliphatic heterocycles. The van der Waals surface area contributed by atoms with Crippen LogP contribution in [0.25, 0.3) is 0 Å². The zero-order valence-electron chi connectivity index (χ0n) is 17.4. The molecule has 156 valence electrons. The summed E-state index contributed by atoms with van der Waals surface area (Å²) in [6.07, 6.45) is 13.2. The number of aliphatic imine (C=N–C) groups is 1. The summed E-state index contributed by atoms with van der Waals surface area (Å²) in [6, 6.07) is 0.396. The molecule has 1 saturated heterocycles. The van der Waals surface area contributed by atoms with E-state index in [2.05, 4.69) is 32.8 Å². The largest absolute Gasteiger partial charge is 0.357 e. The number of amides is 1. The Kier molecular flexibility index (Phi) is 11.2. The third-order valence-corrected chi connectivity index (χ3v) is 5.56. The Balaban J connectivity index is 1.59. The number of carbonyl (C=O) groups excluding carboxylic acids is 1. The van der Waals surface area contributed by atoms with Crippen LogP contribution in [0.15, 0.2) is 4.99 Å². The van der Waals surface area contributed by atoms with E-state index in [0.717, 1.165) is 44.9 Å². The number of guanidine groups is 1. The third kappa shape index (κ3) is 9.99. The van der Waals surface area contributed by atoms with Crippen LogP contribution in [0.4, 0.5) is 0 Å². The first-order chi connectivity index (χ1) is 13.3. The molecule has 2 fully saturated rings. The van der Waals surface area contributed by atoms with Gasteiger partial charge < -0.3 is 20.9 Å². The number of hydrogen-bond acceptors (Lipinski definition) is 3. The van der Waals surface area contributed by atoms with Crippen molar-refractivity contribution >= 4 is 11.9 Å². The van der Waals surface area contributed by atoms with E-state index >= 15 is 0 Å². The number of likely N-dealkylation sites (tertiary alicyclic amines) is 1. The molecule has 2 rings (SSSR count). The Labute approximate surface area is 165 Å². The summed E-state index contributed by atoms with van der Waals surface area (Å²) in [6.45, 7) is 8.02. The molecule has 0 radical (unpaired) electrons.